The van der Waals surface area contributed by atoms with Crippen LogP contribution in [0.25, 0.3) is 0 Å². The number of aromatic nitrogens is 3. The summed E-state index contributed by atoms with van der Waals surface area (Å²) < 4.78 is 13.8. The third-order valence-electron chi connectivity index (χ3n) is 5.10. The first-order valence-electron chi connectivity index (χ1n) is 7.65. The first-order valence-corrected chi connectivity index (χ1v) is 7.65. The van der Waals surface area contributed by atoms with Gasteiger partial charge in [0.2, 0.25) is 0 Å². The normalized spacial score (nSPS) is 36.1. The third kappa shape index (κ3) is 2.25. The summed E-state index contributed by atoms with van der Waals surface area (Å²) in [6.45, 7) is 4.87. The Morgan fingerprint density at radius 3 is 2.70 bits per heavy atom. The number of hydrogen-bond acceptors (Lipinski definition) is 5. The quantitative estimate of drug-likeness (QED) is 0.803. The first-order chi connectivity index (χ1) is 9.85. The molecular formula is C14H22N4O2. The van der Waals surface area contributed by atoms with Crippen LogP contribution >= 0.6 is 0 Å². The van der Waals surface area contributed by atoms with E-state index in [1.54, 1.807) is 12.7 Å². The zero-order chi connectivity index (χ0) is 13.4. The highest BCUT2D eigenvalue weighted by Gasteiger charge is 2.47. The second-order valence-corrected chi connectivity index (χ2v) is 6.33. The van der Waals surface area contributed by atoms with Gasteiger partial charge in [-0.2, -0.15) is 0 Å². The predicted molar refractivity (Wildman–Crippen MR) is 72.4 cm³/mol. The van der Waals surface area contributed by atoms with Gasteiger partial charge in [0.15, 0.2) is 0 Å². The molecule has 2 unspecified atom stereocenters. The molecule has 0 bridgehead atoms. The Morgan fingerprint density at radius 1 is 1.10 bits per heavy atom. The summed E-state index contributed by atoms with van der Waals surface area (Å²) in [4.78, 5) is 2.62. The topological polar surface area (TPSA) is 52.4 Å². The molecule has 1 spiro atoms. The highest BCUT2D eigenvalue weighted by atomic mass is 16.5. The summed E-state index contributed by atoms with van der Waals surface area (Å²) >= 11 is 0. The molecule has 3 aliphatic rings. The van der Waals surface area contributed by atoms with Crippen LogP contribution in [0.1, 0.15) is 31.7 Å². The van der Waals surface area contributed by atoms with Gasteiger partial charge in [-0.3, -0.25) is 4.90 Å². The lowest BCUT2D eigenvalue weighted by Gasteiger charge is -2.32. The monoisotopic (exact) mass is 278 g/mol. The van der Waals surface area contributed by atoms with Crippen molar-refractivity contribution in [2.75, 3.05) is 32.9 Å². The Kier molecular flexibility index (Phi) is 3.24. The smallest absolute Gasteiger partial charge is 0.119 e. The minimum atomic E-state index is 0.0627. The Labute approximate surface area is 119 Å². The summed E-state index contributed by atoms with van der Waals surface area (Å²) in [6, 6.07) is 1.10. The van der Waals surface area contributed by atoms with Crippen molar-refractivity contribution >= 4 is 0 Å². The second-order valence-electron chi connectivity index (χ2n) is 6.33. The summed E-state index contributed by atoms with van der Waals surface area (Å²) in [5.41, 5.74) is 0.0627. The van der Waals surface area contributed by atoms with Crippen LogP contribution in [0.2, 0.25) is 0 Å². The van der Waals surface area contributed by atoms with Crippen LogP contribution in [-0.4, -0.2) is 64.2 Å². The molecule has 0 amide bonds. The van der Waals surface area contributed by atoms with E-state index in [4.69, 9.17) is 9.47 Å². The maximum Gasteiger partial charge on any atom is 0.119 e. The van der Waals surface area contributed by atoms with Crippen LogP contribution in [0.3, 0.4) is 0 Å². The summed E-state index contributed by atoms with van der Waals surface area (Å²) in [5, 5.41) is 7.81. The molecule has 4 heterocycles. The summed E-state index contributed by atoms with van der Waals surface area (Å²) in [5.74, 6) is 0. The molecule has 4 rings (SSSR count). The molecule has 0 radical (unpaired) electrons. The lowest BCUT2D eigenvalue weighted by molar-refractivity contribution is -0.00355. The van der Waals surface area contributed by atoms with Gasteiger partial charge in [0.1, 0.15) is 12.7 Å². The molecule has 0 aliphatic carbocycles. The van der Waals surface area contributed by atoms with Crippen LogP contribution in [0.4, 0.5) is 0 Å². The minimum absolute atomic E-state index is 0.0627. The van der Waals surface area contributed by atoms with Crippen LogP contribution in [0.5, 0.6) is 0 Å². The molecule has 3 aliphatic heterocycles. The van der Waals surface area contributed by atoms with Crippen molar-refractivity contribution in [1.29, 1.82) is 0 Å². The Morgan fingerprint density at radius 2 is 1.90 bits per heavy atom. The minimum Gasteiger partial charge on any atom is -0.381 e. The van der Waals surface area contributed by atoms with Crippen molar-refractivity contribution in [3.05, 3.63) is 12.7 Å². The number of rotatable bonds is 2. The Bertz CT molecular complexity index is 446. The van der Waals surface area contributed by atoms with Gasteiger partial charge in [-0.1, -0.05) is 0 Å². The summed E-state index contributed by atoms with van der Waals surface area (Å²) in [6.07, 6.45) is 8.19. The lowest BCUT2D eigenvalue weighted by atomic mass is 9.97. The van der Waals surface area contributed by atoms with E-state index >= 15 is 0 Å². The standard InChI is InChI=1S/C14H22N4O2/c1-5-19-6-2-12(1)17-4-3-14(9-17)7-13(8-20-14)18-10-15-16-11-18/h10-13H,1-9H2. The molecule has 1 aromatic heterocycles. The van der Waals surface area contributed by atoms with Gasteiger partial charge in [0, 0.05) is 38.8 Å². The lowest BCUT2D eigenvalue weighted by Crippen LogP contribution is -2.41. The first kappa shape index (κ1) is 12.7. The van der Waals surface area contributed by atoms with Gasteiger partial charge in [-0.25, -0.2) is 0 Å². The number of ether oxygens (including phenoxy) is 2. The van der Waals surface area contributed by atoms with Crippen LogP contribution in [0, 0.1) is 0 Å². The van der Waals surface area contributed by atoms with E-state index < -0.39 is 0 Å². The van der Waals surface area contributed by atoms with Crippen LogP contribution in [-0.2, 0) is 9.47 Å². The molecule has 3 fully saturated rings. The van der Waals surface area contributed by atoms with Gasteiger partial charge in [-0.05, 0) is 19.3 Å². The average Bonchev–Trinajstić information content (AvgIpc) is 3.22. The fourth-order valence-corrected chi connectivity index (χ4v) is 3.93. The molecule has 110 valence electrons. The Hall–Kier alpha value is -0.980. The van der Waals surface area contributed by atoms with Crippen molar-refractivity contribution in [2.45, 2.75) is 43.4 Å². The third-order valence-corrected chi connectivity index (χ3v) is 5.10. The SMILES string of the molecule is c1nncn1C1COC2(CCN(C3CCOCC3)C2)C1. The fraction of sp³-hybridized carbons (Fsp3) is 0.857. The van der Waals surface area contributed by atoms with Gasteiger partial charge in [0.05, 0.1) is 18.2 Å². The van der Waals surface area contributed by atoms with Crippen molar-refractivity contribution in [2.24, 2.45) is 0 Å². The highest BCUT2D eigenvalue weighted by molar-refractivity contribution is 5.00. The molecule has 0 N–H and O–H groups in total. The highest BCUT2D eigenvalue weighted by Crippen LogP contribution is 2.40. The zero-order valence-corrected chi connectivity index (χ0v) is 11.8. The fourth-order valence-electron chi connectivity index (χ4n) is 3.93. The molecular weight excluding hydrogens is 256 g/mol. The van der Waals surface area contributed by atoms with E-state index in [0.29, 0.717) is 12.1 Å². The molecule has 6 heteroatoms. The van der Waals surface area contributed by atoms with E-state index in [2.05, 4.69) is 19.7 Å². The van der Waals surface area contributed by atoms with Crippen LogP contribution in [0.15, 0.2) is 12.7 Å². The zero-order valence-electron chi connectivity index (χ0n) is 11.8. The molecule has 0 aromatic carbocycles. The van der Waals surface area contributed by atoms with Crippen molar-refractivity contribution in [1.82, 2.24) is 19.7 Å². The van der Waals surface area contributed by atoms with Gasteiger partial charge in [-0.15, -0.1) is 10.2 Å². The molecule has 2 atom stereocenters. The molecule has 3 saturated heterocycles. The van der Waals surface area contributed by atoms with E-state index in [1.165, 1.54) is 19.4 Å². The van der Waals surface area contributed by atoms with E-state index in [1.807, 2.05) is 0 Å². The molecule has 6 nitrogen and oxygen atoms in total. The number of likely N-dealkylation sites (tertiary alicyclic amines) is 1. The number of hydrogen-bond donors (Lipinski definition) is 0. The van der Waals surface area contributed by atoms with Gasteiger partial charge < -0.3 is 14.0 Å². The van der Waals surface area contributed by atoms with Crippen LogP contribution < -0.4 is 0 Å². The molecule has 1 aromatic rings. The Balaban J connectivity index is 1.40. The van der Waals surface area contributed by atoms with Crippen molar-refractivity contribution in [3.8, 4) is 0 Å². The number of nitrogens with zero attached hydrogens (tertiary/aromatic N) is 4. The molecule has 20 heavy (non-hydrogen) atoms. The average molecular weight is 278 g/mol. The maximum atomic E-state index is 6.21. The van der Waals surface area contributed by atoms with Gasteiger partial charge >= 0.3 is 0 Å². The van der Waals surface area contributed by atoms with E-state index in [0.717, 1.165) is 39.2 Å². The van der Waals surface area contributed by atoms with E-state index in [9.17, 15) is 0 Å². The largest absolute Gasteiger partial charge is 0.381 e. The summed E-state index contributed by atoms with van der Waals surface area (Å²) in [7, 11) is 0. The maximum absolute atomic E-state index is 6.21. The van der Waals surface area contributed by atoms with Gasteiger partial charge in [0.25, 0.3) is 0 Å². The van der Waals surface area contributed by atoms with Crippen molar-refractivity contribution in [3.63, 3.8) is 0 Å². The second kappa shape index (κ2) is 5.09. The molecule has 0 saturated carbocycles. The van der Waals surface area contributed by atoms with Crippen molar-refractivity contribution < 1.29 is 9.47 Å². The predicted octanol–water partition coefficient (Wildman–Crippen LogP) is 0.863. The van der Waals surface area contributed by atoms with E-state index in [-0.39, 0.29) is 5.60 Å².